The van der Waals surface area contributed by atoms with Crippen molar-refractivity contribution in [2.24, 2.45) is 0 Å². The zero-order valence-electron chi connectivity index (χ0n) is 17.2. The Balaban J connectivity index is 1.65. The molecule has 2 aromatic carbocycles. The number of aryl methyl sites for hydroxylation is 1. The topological polar surface area (TPSA) is 76.7 Å². The summed E-state index contributed by atoms with van der Waals surface area (Å²) in [4.78, 5) is 25.5. The van der Waals surface area contributed by atoms with Crippen LogP contribution >= 0.6 is 11.6 Å². The summed E-state index contributed by atoms with van der Waals surface area (Å²) >= 11 is 6.05. The number of carbonyl (C=O) groups excluding carboxylic acids is 2. The van der Waals surface area contributed by atoms with Gasteiger partial charge in [0.1, 0.15) is 5.75 Å². The Labute approximate surface area is 181 Å². The molecule has 0 saturated carbocycles. The number of amides is 2. The van der Waals surface area contributed by atoms with Gasteiger partial charge in [-0.1, -0.05) is 30.7 Å². The van der Waals surface area contributed by atoms with E-state index in [1.165, 1.54) is 0 Å². The highest BCUT2D eigenvalue weighted by Crippen LogP contribution is 2.23. The van der Waals surface area contributed by atoms with Gasteiger partial charge < -0.3 is 20.1 Å². The van der Waals surface area contributed by atoms with Gasteiger partial charge >= 0.3 is 0 Å². The van der Waals surface area contributed by atoms with Crippen LogP contribution in [0.25, 0.3) is 0 Å². The van der Waals surface area contributed by atoms with Crippen LogP contribution in [0.5, 0.6) is 5.75 Å². The molecule has 7 heteroatoms. The van der Waals surface area contributed by atoms with E-state index in [-0.39, 0.29) is 17.9 Å². The first kappa shape index (κ1) is 22.1. The van der Waals surface area contributed by atoms with E-state index in [2.05, 4.69) is 10.6 Å². The second-order valence-corrected chi connectivity index (χ2v) is 7.71. The van der Waals surface area contributed by atoms with Gasteiger partial charge in [-0.3, -0.25) is 9.59 Å². The van der Waals surface area contributed by atoms with Crippen LogP contribution < -0.4 is 15.4 Å². The molecule has 6 nitrogen and oxygen atoms in total. The van der Waals surface area contributed by atoms with Crippen LogP contribution in [-0.4, -0.2) is 37.2 Å². The quantitative estimate of drug-likeness (QED) is 0.652. The third-order valence-corrected chi connectivity index (χ3v) is 5.44. The first-order chi connectivity index (χ1) is 14.5. The van der Waals surface area contributed by atoms with Crippen LogP contribution in [0.2, 0.25) is 5.02 Å². The van der Waals surface area contributed by atoms with Gasteiger partial charge in [-0.2, -0.15) is 0 Å². The van der Waals surface area contributed by atoms with Crippen LogP contribution in [0.15, 0.2) is 42.5 Å². The molecule has 2 N–H and O–H groups in total. The van der Waals surface area contributed by atoms with Crippen molar-refractivity contribution in [3.05, 3.63) is 58.6 Å². The van der Waals surface area contributed by atoms with E-state index in [9.17, 15) is 9.59 Å². The normalized spacial score (nSPS) is 16.7. The zero-order valence-corrected chi connectivity index (χ0v) is 18.0. The van der Waals surface area contributed by atoms with Crippen molar-refractivity contribution in [1.82, 2.24) is 5.32 Å². The third kappa shape index (κ3) is 5.74. The average Bonchev–Trinajstić information content (AvgIpc) is 3.26. The first-order valence-electron chi connectivity index (χ1n) is 10.2. The average molecular weight is 431 g/mol. The predicted octanol–water partition coefficient (Wildman–Crippen LogP) is 4.35. The Hall–Kier alpha value is -2.57. The lowest BCUT2D eigenvalue weighted by molar-refractivity contribution is -0.122. The van der Waals surface area contributed by atoms with Crippen LogP contribution in [0.1, 0.15) is 42.1 Å². The van der Waals surface area contributed by atoms with E-state index in [1.54, 1.807) is 42.5 Å². The van der Waals surface area contributed by atoms with Crippen LogP contribution in [0.3, 0.4) is 0 Å². The lowest BCUT2D eigenvalue weighted by Crippen LogP contribution is -2.35. The molecule has 0 aromatic heterocycles. The van der Waals surface area contributed by atoms with E-state index in [4.69, 9.17) is 21.1 Å². The highest BCUT2D eigenvalue weighted by molar-refractivity contribution is 6.31. The minimum absolute atomic E-state index is 0.0522. The van der Waals surface area contributed by atoms with E-state index in [0.717, 1.165) is 25.0 Å². The number of ether oxygens (including phenoxy) is 2. The van der Waals surface area contributed by atoms with Gasteiger partial charge in [-0.05, 0) is 62.1 Å². The molecule has 30 heavy (non-hydrogen) atoms. The van der Waals surface area contributed by atoms with Gasteiger partial charge in [0.25, 0.3) is 11.8 Å². The monoisotopic (exact) mass is 430 g/mol. The van der Waals surface area contributed by atoms with Crippen molar-refractivity contribution >= 4 is 29.1 Å². The van der Waals surface area contributed by atoms with Gasteiger partial charge in [-0.15, -0.1) is 0 Å². The standard InChI is InChI=1S/C23H27ClN2O4/c1-3-21(30-16-10-11-19(24)15(2)13-16)23(28)26-20-9-5-4-8-18(20)22(27)25-14-17-7-6-12-29-17/h4-5,8-11,13,17,21H,3,6-7,12,14H2,1-2H3,(H,25,27)(H,26,28)/t17-,21+/m0/s1. The molecule has 0 unspecified atom stereocenters. The van der Waals surface area contributed by atoms with Crippen molar-refractivity contribution < 1.29 is 19.1 Å². The number of hydrogen-bond donors (Lipinski definition) is 2. The summed E-state index contributed by atoms with van der Waals surface area (Å²) in [6.07, 6.45) is 1.78. The third-order valence-electron chi connectivity index (χ3n) is 5.01. The minimum Gasteiger partial charge on any atom is -0.481 e. The number of nitrogens with one attached hydrogen (secondary N) is 2. The maximum atomic E-state index is 12.8. The largest absolute Gasteiger partial charge is 0.481 e. The number of benzene rings is 2. The van der Waals surface area contributed by atoms with Crippen LogP contribution in [-0.2, 0) is 9.53 Å². The Morgan fingerprint density at radius 3 is 2.77 bits per heavy atom. The summed E-state index contributed by atoms with van der Waals surface area (Å²) in [5.41, 5.74) is 1.72. The molecular weight excluding hydrogens is 404 g/mol. The molecule has 2 atom stereocenters. The molecule has 1 heterocycles. The molecule has 0 radical (unpaired) electrons. The smallest absolute Gasteiger partial charge is 0.265 e. The van der Waals surface area contributed by atoms with E-state index in [1.807, 2.05) is 13.8 Å². The van der Waals surface area contributed by atoms with Crippen molar-refractivity contribution in [3.63, 3.8) is 0 Å². The lowest BCUT2D eigenvalue weighted by atomic mass is 10.1. The van der Waals surface area contributed by atoms with Gasteiger partial charge in [-0.25, -0.2) is 0 Å². The molecule has 1 aliphatic heterocycles. The first-order valence-corrected chi connectivity index (χ1v) is 10.6. The molecule has 1 aliphatic rings. The number of carbonyl (C=O) groups is 2. The van der Waals surface area contributed by atoms with Crippen LogP contribution in [0, 0.1) is 6.92 Å². The van der Waals surface area contributed by atoms with E-state index in [0.29, 0.717) is 35.0 Å². The van der Waals surface area contributed by atoms with Gasteiger partial charge in [0, 0.05) is 18.2 Å². The Morgan fingerprint density at radius 2 is 2.07 bits per heavy atom. The second kappa shape index (κ2) is 10.5. The number of rotatable bonds is 8. The molecule has 1 fully saturated rings. The summed E-state index contributed by atoms with van der Waals surface area (Å²) in [5.74, 6) is 0.00895. The highest BCUT2D eigenvalue weighted by atomic mass is 35.5. The molecular formula is C23H27ClN2O4. The summed E-state index contributed by atoms with van der Waals surface area (Å²) in [6.45, 7) is 4.94. The summed E-state index contributed by atoms with van der Waals surface area (Å²) in [5, 5.41) is 6.37. The zero-order chi connectivity index (χ0) is 21.5. The summed E-state index contributed by atoms with van der Waals surface area (Å²) in [7, 11) is 0. The van der Waals surface area contributed by atoms with Crippen LogP contribution in [0.4, 0.5) is 5.69 Å². The number of para-hydroxylation sites is 1. The minimum atomic E-state index is -0.700. The maximum absolute atomic E-state index is 12.8. The maximum Gasteiger partial charge on any atom is 0.265 e. The second-order valence-electron chi connectivity index (χ2n) is 7.31. The molecule has 0 aliphatic carbocycles. The summed E-state index contributed by atoms with van der Waals surface area (Å²) < 4.78 is 11.4. The lowest BCUT2D eigenvalue weighted by Gasteiger charge is -2.19. The number of halogens is 1. The van der Waals surface area contributed by atoms with E-state index >= 15 is 0 Å². The molecule has 2 aromatic rings. The number of hydrogen-bond acceptors (Lipinski definition) is 4. The molecule has 2 amide bonds. The molecule has 0 spiro atoms. The fourth-order valence-electron chi connectivity index (χ4n) is 3.29. The molecule has 3 rings (SSSR count). The van der Waals surface area contributed by atoms with Gasteiger partial charge in [0.05, 0.1) is 17.4 Å². The van der Waals surface area contributed by atoms with E-state index < -0.39 is 6.10 Å². The van der Waals surface area contributed by atoms with Crippen molar-refractivity contribution in [2.75, 3.05) is 18.5 Å². The highest BCUT2D eigenvalue weighted by Gasteiger charge is 2.22. The SMILES string of the molecule is CC[C@@H](Oc1ccc(Cl)c(C)c1)C(=O)Nc1ccccc1C(=O)NC[C@@H]1CCCO1. The van der Waals surface area contributed by atoms with Gasteiger partial charge in [0.15, 0.2) is 6.10 Å². The van der Waals surface area contributed by atoms with Crippen molar-refractivity contribution in [2.45, 2.75) is 45.3 Å². The molecule has 160 valence electrons. The van der Waals surface area contributed by atoms with Gasteiger partial charge in [0.2, 0.25) is 0 Å². The molecule has 1 saturated heterocycles. The molecule has 0 bridgehead atoms. The number of anilines is 1. The summed E-state index contributed by atoms with van der Waals surface area (Å²) in [6, 6.07) is 12.2. The van der Waals surface area contributed by atoms with Crippen molar-refractivity contribution in [3.8, 4) is 5.75 Å². The fraction of sp³-hybridized carbons (Fsp3) is 0.391. The Morgan fingerprint density at radius 1 is 1.27 bits per heavy atom. The Kier molecular flexibility index (Phi) is 7.71. The van der Waals surface area contributed by atoms with Crippen molar-refractivity contribution in [1.29, 1.82) is 0 Å². The Bertz CT molecular complexity index is 897. The fourth-order valence-corrected chi connectivity index (χ4v) is 3.40. The predicted molar refractivity (Wildman–Crippen MR) is 117 cm³/mol.